The standard InChI is InChI=1S/C9H12N2/c1-3-4-5-6-11-8-9(2)7-10-11/h7-8H,3,6H2,1-2H3. The summed E-state index contributed by atoms with van der Waals surface area (Å²) in [4.78, 5) is 0. The van der Waals surface area contributed by atoms with Crippen molar-refractivity contribution in [2.45, 2.75) is 26.8 Å². The van der Waals surface area contributed by atoms with Crippen LogP contribution >= 0.6 is 0 Å². The van der Waals surface area contributed by atoms with Crippen molar-refractivity contribution >= 4 is 0 Å². The van der Waals surface area contributed by atoms with E-state index >= 15 is 0 Å². The van der Waals surface area contributed by atoms with Crippen LogP contribution in [-0.4, -0.2) is 9.78 Å². The monoisotopic (exact) mass is 148 g/mol. The third kappa shape index (κ3) is 2.46. The van der Waals surface area contributed by atoms with Crippen LogP contribution in [0.2, 0.25) is 0 Å². The quantitative estimate of drug-likeness (QED) is 0.553. The molecule has 0 aliphatic carbocycles. The van der Waals surface area contributed by atoms with Gasteiger partial charge in [0.15, 0.2) is 0 Å². The SMILES string of the molecule is CCC#CCn1cc(C)cn1. The second-order valence-electron chi connectivity index (χ2n) is 2.42. The molecule has 0 spiro atoms. The molecule has 0 aliphatic rings. The molecule has 1 rings (SSSR count). The van der Waals surface area contributed by atoms with E-state index in [0.717, 1.165) is 6.42 Å². The van der Waals surface area contributed by atoms with Crippen molar-refractivity contribution in [2.24, 2.45) is 0 Å². The zero-order chi connectivity index (χ0) is 8.10. The van der Waals surface area contributed by atoms with Gasteiger partial charge in [-0.25, -0.2) is 0 Å². The highest BCUT2D eigenvalue weighted by atomic mass is 15.3. The fraction of sp³-hybridized carbons (Fsp3) is 0.444. The Hall–Kier alpha value is -1.23. The molecule has 0 radical (unpaired) electrons. The second-order valence-corrected chi connectivity index (χ2v) is 2.42. The molecule has 0 N–H and O–H groups in total. The van der Waals surface area contributed by atoms with Crippen LogP contribution < -0.4 is 0 Å². The Bertz CT molecular complexity index is 275. The van der Waals surface area contributed by atoms with Crippen molar-refractivity contribution in [1.82, 2.24) is 9.78 Å². The minimum absolute atomic E-state index is 0.710. The fourth-order valence-electron chi connectivity index (χ4n) is 0.815. The molecule has 2 nitrogen and oxygen atoms in total. The van der Waals surface area contributed by atoms with Gasteiger partial charge in [-0.05, 0) is 12.5 Å². The molecule has 1 aromatic heterocycles. The van der Waals surface area contributed by atoms with Crippen LogP contribution in [0.25, 0.3) is 0 Å². The van der Waals surface area contributed by atoms with Gasteiger partial charge in [-0.15, -0.1) is 5.92 Å². The van der Waals surface area contributed by atoms with Gasteiger partial charge in [-0.2, -0.15) is 5.10 Å². The summed E-state index contributed by atoms with van der Waals surface area (Å²) in [6.45, 7) is 4.78. The zero-order valence-electron chi connectivity index (χ0n) is 6.96. The van der Waals surface area contributed by atoms with E-state index in [1.807, 2.05) is 30.9 Å². The van der Waals surface area contributed by atoms with Crippen LogP contribution in [0.15, 0.2) is 12.4 Å². The highest BCUT2D eigenvalue weighted by Crippen LogP contribution is 1.92. The van der Waals surface area contributed by atoms with E-state index in [2.05, 4.69) is 16.9 Å². The summed E-state index contributed by atoms with van der Waals surface area (Å²) in [5.74, 6) is 6.01. The van der Waals surface area contributed by atoms with E-state index in [4.69, 9.17) is 0 Å². The average Bonchev–Trinajstić information content (AvgIpc) is 2.37. The Morgan fingerprint density at radius 3 is 2.91 bits per heavy atom. The van der Waals surface area contributed by atoms with Crippen LogP contribution in [-0.2, 0) is 6.54 Å². The number of hydrogen-bond donors (Lipinski definition) is 0. The number of nitrogens with zero attached hydrogens (tertiary/aromatic N) is 2. The maximum atomic E-state index is 4.10. The molecule has 0 atom stereocenters. The number of aromatic nitrogens is 2. The predicted molar refractivity (Wildman–Crippen MR) is 45.0 cm³/mol. The van der Waals surface area contributed by atoms with Gasteiger partial charge < -0.3 is 0 Å². The van der Waals surface area contributed by atoms with Crippen molar-refractivity contribution in [3.8, 4) is 11.8 Å². The van der Waals surface area contributed by atoms with E-state index in [-0.39, 0.29) is 0 Å². The fourth-order valence-corrected chi connectivity index (χ4v) is 0.815. The molecular formula is C9H12N2. The van der Waals surface area contributed by atoms with Crippen molar-refractivity contribution < 1.29 is 0 Å². The first-order valence-electron chi connectivity index (χ1n) is 3.77. The Kier molecular flexibility index (Phi) is 2.74. The average molecular weight is 148 g/mol. The first-order chi connectivity index (χ1) is 5.33. The maximum Gasteiger partial charge on any atom is 0.102 e. The topological polar surface area (TPSA) is 17.8 Å². The number of hydrogen-bond acceptors (Lipinski definition) is 1. The van der Waals surface area contributed by atoms with Crippen molar-refractivity contribution in [3.05, 3.63) is 18.0 Å². The van der Waals surface area contributed by atoms with Crippen LogP contribution in [0, 0.1) is 18.8 Å². The third-order valence-corrected chi connectivity index (χ3v) is 1.31. The molecule has 0 saturated heterocycles. The lowest BCUT2D eigenvalue weighted by atomic mass is 10.4. The number of rotatable bonds is 1. The van der Waals surface area contributed by atoms with Crippen LogP contribution in [0.3, 0.4) is 0 Å². The van der Waals surface area contributed by atoms with Crippen LogP contribution in [0.1, 0.15) is 18.9 Å². The molecule has 0 amide bonds. The van der Waals surface area contributed by atoms with Crippen molar-refractivity contribution in [1.29, 1.82) is 0 Å². The third-order valence-electron chi connectivity index (χ3n) is 1.31. The first kappa shape index (κ1) is 7.87. The first-order valence-corrected chi connectivity index (χ1v) is 3.77. The molecular weight excluding hydrogens is 136 g/mol. The maximum absolute atomic E-state index is 4.10. The summed E-state index contributed by atoms with van der Waals surface area (Å²) in [5.41, 5.74) is 1.18. The summed E-state index contributed by atoms with van der Waals surface area (Å²) in [5, 5.41) is 4.10. The highest BCUT2D eigenvalue weighted by molar-refractivity contribution is 5.03. The lowest BCUT2D eigenvalue weighted by Crippen LogP contribution is -1.94. The van der Waals surface area contributed by atoms with E-state index < -0.39 is 0 Å². The van der Waals surface area contributed by atoms with Gasteiger partial charge in [0.25, 0.3) is 0 Å². The van der Waals surface area contributed by atoms with Gasteiger partial charge in [0, 0.05) is 12.6 Å². The van der Waals surface area contributed by atoms with E-state index in [1.54, 1.807) is 0 Å². The molecule has 1 aromatic rings. The number of aryl methyl sites for hydroxylation is 1. The van der Waals surface area contributed by atoms with Gasteiger partial charge in [0.05, 0.1) is 6.20 Å². The summed E-state index contributed by atoms with van der Waals surface area (Å²) < 4.78 is 1.85. The molecule has 0 saturated carbocycles. The molecule has 11 heavy (non-hydrogen) atoms. The van der Waals surface area contributed by atoms with E-state index in [9.17, 15) is 0 Å². The van der Waals surface area contributed by atoms with E-state index in [1.165, 1.54) is 5.56 Å². The zero-order valence-corrected chi connectivity index (χ0v) is 6.96. The summed E-state index contributed by atoms with van der Waals surface area (Å²) in [7, 11) is 0. The van der Waals surface area contributed by atoms with Gasteiger partial charge >= 0.3 is 0 Å². The molecule has 0 bridgehead atoms. The highest BCUT2D eigenvalue weighted by Gasteiger charge is 1.88. The molecule has 0 fully saturated rings. The Morgan fingerprint density at radius 2 is 2.36 bits per heavy atom. The smallest absolute Gasteiger partial charge is 0.102 e. The van der Waals surface area contributed by atoms with Gasteiger partial charge in [0.2, 0.25) is 0 Å². The Morgan fingerprint density at radius 1 is 1.55 bits per heavy atom. The molecule has 0 aliphatic heterocycles. The minimum Gasteiger partial charge on any atom is -0.260 e. The molecule has 0 unspecified atom stereocenters. The lowest BCUT2D eigenvalue weighted by molar-refractivity contribution is 0.714. The van der Waals surface area contributed by atoms with Crippen molar-refractivity contribution in [3.63, 3.8) is 0 Å². The Labute approximate surface area is 67.2 Å². The van der Waals surface area contributed by atoms with Crippen molar-refractivity contribution in [2.75, 3.05) is 0 Å². The van der Waals surface area contributed by atoms with Crippen LogP contribution in [0.4, 0.5) is 0 Å². The van der Waals surface area contributed by atoms with Gasteiger partial charge in [-0.3, -0.25) is 4.68 Å². The molecule has 58 valence electrons. The lowest BCUT2D eigenvalue weighted by Gasteiger charge is -1.89. The summed E-state index contributed by atoms with van der Waals surface area (Å²) in [6.07, 6.45) is 4.75. The minimum atomic E-state index is 0.710. The summed E-state index contributed by atoms with van der Waals surface area (Å²) in [6, 6.07) is 0. The Balaban J connectivity index is 2.51. The van der Waals surface area contributed by atoms with Gasteiger partial charge in [-0.1, -0.05) is 12.8 Å². The van der Waals surface area contributed by atoms with Gasteiger partial charge in [0.1, 0.15) is 6.54 Å². The second kappa shape index (κ2) is 3.82. The largest absolute Gasteiger partial charge is 0.260 e. The molecule has 0 aromatic carbocycles. The predicted octanol–water partition coefficient (Wildman–Crippen LogP) is 1.60. The van der Waals surface area contributed by atoms with E-state index in [0.29, 0.717) is 6.54 Å². The molecule has 2 heteroatoms. The summed E-state index contributed by atoms with van der Waals surface area (Å²) >= 11 is 0. The van der Waals surface area contributed by atoms with Crippen LogP contribution in [0.5, 0.6) is 0 Å². The molecule has 1 heterocycles. The normalized spacial score (nSPS) is 8.91.